The first-order valence-electron chi connectivity index (χ1n) is 7.35. The molecule has 0 heterocycles. The van der Waals surface area contributed by atoms with Crippen LogP contribution >= 0.6 is 0 Å². The molecule has 0 aromatic heterocycles. The van der Waals surface area contributed by atoms with Crippen LogP contribution in [0.15, 0.2) is 48.5 Å². The minimum atomic E-state index is -0.151. The summed E-state index contributed by atoms with van der Waals surface area (Å²) in [7, 11) is 0. The van der Waals surface area contributed by atoms with Crippen molar-refractivity contribution in [3.63, 3.8) is 0 Å². The van der Waals surface area contributed by atoms with Crippen LogP contribution in [0.5, 0.6) is 0 Å². The lowest BCUT2D eigenvalue weighted by Gasteiger charge is -2.05. The molecule has 0 spiro atoms. The van der Waals surface area contributed by atoms with Crippen molar-refractivity contribution >= 4 is 17.7 Å². The van der Waals surface area contributed by atoms with Gasteiger partial charge in [0.1, 0.15) is 0 Å². The third-order valence-corrected chi connectivity index (χ3v) is 3.83. The van der Waals surface area contributed by atoms with Gasteiger partial charge in [0, 0.05) is 11.8 Å². The molecule has 3 nitrogen and oxygen atoms in total. The van der Waals surface area contributed by atoms with Gasteiger partial charge in [0.05, 0.1) is 11.6 Å². The van der Waals surface area contributed by atoms with Crippen molar-refractivity contribution in [2.24, 2.45) is 0 Å². The molecular weight excluding hydrogens is 272 g/mol. The van der Waals surface area contributed by atoms with E-state index in [4.69, 9.17) is 5.26 Å². The number of fused-ring (bicyclic) bond motifs is 1. The van der Waals surface area contributed by atoms with Gasteiger partial charge in [-0.15, -0.1) is 0 Å². The van der Waals surface area contributed by atoms with E-state index < -0.39 is 0 Å². The van der Waals surface area contributed by atoms with Crippen molar-refractivity contribution < 1.29 is 4.79 Å². The highest BCUT2D eigenvalue weighted by atomic mass is 16.1. The van der Waals surface area contributed by atoms with Crippen LogP contribution in [-0.2, 0) is 17.6 Å². The van der Waals surface area contributed by atoms with Crippen LogP contribution in [0.3, 0.4) is 0 Å². The van der Waals surface area contributed by atoms with Gasteiger partial charge in [-0.1, -0.05) is 18.2 Å². The lowest BCUT2D eigenvalue weighted by molar-refractivity contribution is -0.111. The molecule has 0 saturated carbocycles. The van der Waals surface area contributed by atoms with Gasteiger partial charge < -0.3 is 5.32 Å². The number of nitrogens with zero attached hydrogens (tertiary/aromatic N) is 1. The summed E-state index contributed by atoms with van der Waals surface area (Å²) in [6.07, 6.45) is 6.69. The second-order valence-electron chi connectivity index (χ2n) is 5.39. The molecule has 1 amide bonds. The number of nitriles is 1. The van der Waals surface area contributed by atoms with Gasteiger partial charge in [0.25, 0.3) is 0 Å². The van der Waals surface area contributed by atoms with E-state index in [0.717, 1.165) is 24.1 Å². The van der Waals surface area contributed by atoms with Crippen molar-refractivity contribution in [1.29, 1.82) is 5.26 Å². The Bertz CT molecular complexity index is 767. The maximum atomic E-state index is 12.0. The first-order chi connectivity index (χ1) is 10.7. The number of rotatable bonds is 3. The summed E-state index contributed by atoms with van der Waals surface area (Å²) in [4.78, 5) is 12.0. The average molecular weight is 288 g/mol. The number of aryl methyl sites for hydroxylation is 2. The molecule has 2 aromatic rings. The smallest absolute Gasteiger partial charge is 0.248 e. The lowest BCUT2D eigenvalue weighted by atomic mass is 10.1. The number of nitrogens with one attached hydrogen (secondary N) is 1. The van der Waals surface area contributed by atoms with Crippen LogP contribution in [0.1, 0.15) is 28.7 Å². The Morgan fingerprint density at radius 3 is 2.64 bits per heavy atom. The fourth-order valence-electron chi connectivity index (χ4n) is 2.67. The maximum Gasteiger partial charge on any atom is 0.248 e. The molecule has 0 aliphatic heterocycles. The van der Waals surface area contributed by atoms with Gasteiger partial charge in [0.15, 0.2) is 0 Å². The number of amides is 1. The topological polar surface area (TPSA) is 52.9 Å². The summed E-state index contributed by atoms with van der Waals surface area (Å²) in [5.41, 5.74) is 5.08. The molecule has 0 fully saturated rings. The Hall–Kier alpha value is -2.86. The molecule has 0 saturated heterocycles. The standard InChI is InChI=1S/C19H16N2O/c20-13-15-6-4-14(5-7-15)8-11-19(22)21-18-10-9-16-2-1-3-17(16)12-18/h4-12H,1-3H2,(H,21,22)/b11-8+. The minimum Gasteiger partial charge on any atom is -0.323 e. The molecule has 1 N–H and O–H groups in total. The number of anilines is 1. The van der Waals surface area contributed by atoms with Crippen LogP contribution in [0.25, 0.3) is 6.08 Å². The summed E-state index contributed by atoms with van der Waals surface area (Å²) >= 11 is 0. The van der Waals surface area contributed by atoms with E-state index in [0.29, 0.717) is 5.56 Å². The van der Waals surface area contributed by atoms with Gasteiger partial charge in [0.2, 0.25) is 5.91 Å². The van der Waals surface area contributed by atoms with Crippen molar-refractivity contribution in [3.8, 4) is 6.07 Å². The maximum absolute atomic E-state index is 12.0. The number of carbonyl (C=O) groups excluding carboxylic acids is 1. The molecular formula is C19H16N2O. The van der Waals surface area contributed by atoms with E-state index in [2.05, 4.69) is 23.5 Å². The quantitative estimate of drug-likeness (QED) is 0.875. The average Bonchev–Trinajstić information content (AvgIpc) is 3.01. The van der Waals surface area contributed by atoms with E-state index in [-0.39, 0.29) is 5.91 Å². The number of hydrogen-bond donors (Lipinski definition) is 1. The van der Waals surface area contributed by atoms with Crippen LogP contribution < -0.4 is 5.32 Å². The minimum absolute atomic E-state index is 0.151. The van der Waals surface area contributed by atoms with Crippen LogP contribution in [0.4, 0.5) is 5.69 Å². The highest BCUT2D eigenvalue weighted by molar-refractivity contribution is 6.02. The summed E-state index contributed by atoms with van der Waals surface area (Å²) < 4.78 is 0. The molecule has 22 heavy (non-hydrogen) atoms. The summed E-state index contributed by atoms with van der Waals surface area (Å²) in [6, 6.07) is 15.3. The number of hydrogen-bond acceptors (Lipinski definition) is 2. The predicted molar refractivity (Wildman–Crippen MR) is 87.3 cm³/mol. The first kappa shape index (κ1) is 14.1. The zero-order valence-corrected chi connectivity index (χ0v) is 12.2. The molecule has 0 atom stereocenters. The molecule has 0 bridgehead atoms. The predicted octanol–water partition coefficient (Wildman–Crippen LogP) is 3.70. The van der Waals surface area contributed by atoms with Crippen molar-refractivity contribution in [3.05, 3.63) is 70.8 Å². The highest BCUT2D eigenvalue weighted by Crippen LogP contribution is 2.24. The second kappa shape index (κ2) is 6.28. The van der Waals surface area contributed by atoms with Gasteiger partial charge >= 0.3 is 0 Å². The Balaban J connectivity index is 1.64. The summed E-state index contributed by atoms with van der Waals surface area (Å²) in [6.45, 7) is 0. The Kier molecular flexibility index (Phi) is 4.02. The molecule has 108 valence electrons. The molecule has 0 unspecified atom stereocenters. The summed E-state index contributed by atoms with van der Waals surface area (Å²) in [5.74, 6) is -0.151. The van der Waals surface area contributed by atoms with Gasteiger partial charge in [-0.05, 0) is 66.3 Å². The third kappa shape index (κ3) is 3.24. The Morgan fingerprint density at radius 2 is 1.86 bits per heavy atom. The Morgan fingerprint density at radius 1 is 1.09 bits per heavy atom. The van der Waals surface area contributed by atoms with E-state index in [1.165, 1.54) is 23.6 Å². The zero-order valence-electron chi connectivity index (χ0n) is 12.2. The Labute approximate surface area is 129 Å². The highest BCUT2D eigenvalue weighted by Gasteiger charge is 2.11. The molecule has 3 rings (SSSR count). The fraction of sp³-hybridized carbons (Fsp3) is 0.158. The molecule has 2 aromatic carbocycles. The molecule has 3 heteroatoms. The van der Waals surface area contributed by atoms with Crippen LogP contribution in [0, 0.1) is 11.3 Å². The van der Waals surface area contributed by atoms with Crippen LogP contribution in [0.2, 0.25) is 0 Å². The van der Waals surface area contributed by atoms with Crippen molar-refractivity contribution in [2.75, 3.05) is 5.32 Å². The number of benzene rings is 2. The summed E-state index contributed by atoms with van der Waals surface area (Å²) in [5, 5.41) is 11.6. The molecule has 1 aliphatic carbocycles. The van der Waals surface area contributed by atoms with Gasteiger partial charge in [-0.3, -0.25) is 4.79 Å². The van der Waals surface area contributed by atoms with Crippen molar-refractivity contribution in [1.82, 2.24) is 0 Å². The van der Waals surface area contributed by atoms with Gasteiger partial charge in [-0.25, -0.2) is 0 Å². The first-order valence-corrected chi connectivity index (χ1v) is 7.35. The SMILES string of the molecule is N#Cc1ccc(/C=C/C(=O)Nc2ccc3c(c2)CCC3)cc1. The zero-order chi connectivity index (χ0) is 15.4. The van der Waals surface area contributed by atoms with E-state index in [1.54, 1.807) is 18.2 Å². The second-order valence-corrected chi connectivity index (χ2v) is 5.39. The normalized spacial score (nSPS) is 12.9. The number of carbonyl (C=O) groups is 1. The fourth-order valence-corrected chi connectivity index (χ4v) is 2.67. The van der Waals surface area contributed by atoms with Crippen LogP contribution in [-0.4, -0.2) is 5.91 Å². The largest absolute Gasteiger partial charge is 0.323 e. The monoisotopic (exact) mass is 288 g/mol. The molecule has 0 radical (unpaired) electrons. The van der Waals surface area contributed by atoms with Crippen molar-refractivity contribution in [2.45, 2.75) is 19.3 Å². The molecule has 1 aliphatic rings. The van der Waals surface area contributed by atoms with E-state index >= 15 is 0 Å². The van der Waals surface area contributed by atoms with E-state index in [1.807, 2.05) is 18.2 Å². The third-order valence-electron chi connectivity index (χ3n) is 3.83. The van der Waals surface area contributed by atoms with E-state index in [9.17, 15) is 4.79 Å². The van der Waals surface area contributed by atoms with Gasteiger partial charge in [-0.2, -0.15) is 5.26 Å². The lowest BCUT2D eigenvalue weighted by Crippen LogP contribution is -2.08.